The van der Waals surface area contributed by atoms with Crippen molar-refractivity contribution in [3.05, 3.63) is 80.1 Å². The smallest absolute Gasteiger partial charge is 0.255 e. The van der Waals surface area contributed by atoms with Crippen LogP contribution in [0.4, 0.5) is 0 Å². The first kappa shape index (κ1) is 19.1. The molecular weight excluding hydrogens is 364 g/mol. The van der Waals surface area contributed by atoms with Gasteiger partial charge in [0.1, 0.15) is 0 Å². The summed E-state index contributed by atoms with van der Waals surface area (Å²) < 4.78 is 0. The number of nitrogens with zero attached hydrogens (tertiary/aromatic N) is 1. The van der Waals surface area contributed by atoms with Gasteiger partial charge in [0.25, 0.3) is 11.5 Å². The van der Waals surface area contributed by atoms with Crippen molar-refractivity contribution in [3.8, 4) is 0 Å². The van der Waals surface area contributed by atoms with Gasteiger partial charge in [-0.2, -0.15) is 0 Å². The molecular formula is C21H21ClN2O3. The molecule has 6 heteroatoms. The third-order valence-corrected chi connectivity index (χ3v) is 4.97. The quantitative estimate of drug-likeness (QED) is 0.707. The van der Waals surface area contributed by atoms with Crippen molar-refractivity contribution in [2.45, 2.75) is 20.4 Å². The number of hydrogen-bond acceptors (Lipinski definition) is 3. The lowest BCUT2D eigenvalue weighted by Gasteiger charge is -2.22. The lowest BCUT2D eigenvalue weighted by atomic mass is 10.0. The first-order valence-electron chi connectivity index (χ1n) is 8.69. The van der Waals surface area contributed by atoms with Crippen LogP contribution in [-0.2, 0) is 6.54 Å². The third kappa shape index (κ3) is 3.89. The van der Waals surface area contributed by atoms with E-state index in [4.69, 9.17) is 11.6 Å². The van der Waals surface area contributed by atoms with Crippen LogP contribution in [0.1, 0.15) is 27.0 Å². The van der Waals surface area contributed by atoms with E-state index in [0.717, 1.165) is 22.0 Å². The molecule has 5 nitrogen and oxygen atoms in total. The molecule has 0 fully saturated rings. The number of carbonyl (C=O) groups is 1. The van der Waals surface area contributed by atoms with Gasteiger partial charge in [-0.25, -0.2) is 0 Å². The van der Waals surface area contributed by atoms with Crippen LogP contribution in [-0.4, -0.2) is 34.0 Å². The highest BCUT2D eigenvalue weighted by molar-refractivity contribution is 6.33. The zero-order valence-corrected chi connectivity index (χ0v) is 16.0. The fourth-order valence-corrected chi connectivity index (χ4v) is 3.34. The van der Waals surface area contributed by atoms with Crippen molar-refractivity contribution in [1.82, 2.24) is 9.88 Å². The molecule has 2 aromatic carbocycles. The number of H-pyrrole nitrogens is 1. The highest BCUT2D eigenvalue weighted by Gasteiger charge is 2.20. The Bertz CT molecular complexity index is 1060. The van der Waals surface area contributed by atoms with E-state index in [9.17, 15) is 14.7 Å². The number of pyridine rings is 1. The van der Waals surface area contributed by atoms with Crippen molar-refractivity contribution in [2.75, 3.05) is 13.2 Å². The molecule has 0 aliphatic rings. The van der Waals surface area contributed by atoms with Gasteiger partial charge < -0.3 is 15.0 Å². The number of aromatic amines is 1. The number of carbonyl (C=O) groups excluding carboxylic acids is 1. The fraction of sp³-hybridized carbons (Fsp3) is 0.238. The van der Waals surface area contributed by atoms with Crippen LogP contribution in [0.2, 0.25) is 5.02 Å². The molecule has 1 aromatic heterocycles. The summed E-state index contributed by atoms with van der Waals surface area (Å²) in [5.74, 6) is -0.324. The van der Waals surface area contributed by atoms with Gasteiger partial charge in [-0.05, 0) is 43.2 Å². The maximum Gasteiger partial charge on any atom is 0.255 e. The Kier molecular flexibility index (Phi) is 5.63. The van der Waals surface area contributed by atoms with Gasteiger partial charge in [-0.1, -0.05) is 35.9 Å². The van der Waals surface area contributed by atoms with E-state index in [2.05, 4.69) is 4.98 Å². The molecule has 1 amide bonds. The Morgan fingerprint density at radius 1 is 1.15 bits per heavy atom. The Labute approximate surface area is 162 Å². The molecule has 0 radical (unpaired) electrons. The number of halogens is 1. The standard InChI is InChI=1S/C21H21ClN2O3/c1-13-7-8-14(2)19-17(13)11-15(20(26)23-19)12-24(9-10-25)21(27)16-5-3-4-6-18(16)22/h3-8,11,25H,9-10,12H2,1-2H3,(H,23,26). The SMILES string of the molecule is Cc1ccc(C)c2[nH]c(=O)c(CN(CCO)C(=O)c3ccccc3Cl)cc12. The number of nitrogens with one attached hydrogen (secondary N) is 1. The summed E-state index contributed by atoms with van der Waals surface area (Å²) in [5, 5.41) is 10.7. The number of hydrogen-bond donors (Lipinski definition) is 2. The number of aliphatic hydroxyl groups excluding tert-OH is 1. The average molecular weight is 385 g/mol. The van der Waals surface area contributed by atoms with Crippen molar-refractivity contribution < 1.29 is 9.90 Å². The molecule has 0 atom stereocenters. The Morgan fingerprint density at radius 2 is 1.85 bits per heavy atom. The van der Waals surface area contributed by atoms with Gasteiger partial charge >= 0.3 is 0 Å². The van der Waals surface area contributed by atoms with E-state index in [-0.39, 0.29) is 31.2 Å². The molecule has 0 spiro atoms. The highest BCUT2D eigenvalue weighted by atomic mass is 35.5. The Balaban J connectivity index is 2.01. The molecule has 0 bridgehead atoms. The van der Waals surface area contributed by atoms with Crippen molar-refractivity contribution in [3.63, 3.8) is 0 Å². The Morgan fingerprint density at radius 3 is 2.56 bits per heavy atom. The minimum Gasteiger partial charge on any atom is -0.395 e. The molecule has 0 saturated carbocycles. The molecule has 27 heavy (non-hydrogen) atoms. The normalized spacial score (nSPS) is 11.0. The maximum absolute atomic E-state index is 12.9. The molecule has 140 valence electrons. The lowest BCUT2D eigenvalue weighted by Crippen LogP contribution is -2.35. The summed E-state index contributed by atoms with van der Waals surface area (Å²) in [4.78, 5) is 29.8. The summed E-state index contributed by atoms with van der Waals surface area (Å²) in [6, 6.07) is 12.5. The minimum absolute atomic E-state index is 0.0866. The molecule has 2 N–H and O–H groups in total. The van der Waals surface area contributed by atoms with Crippen LogP contribution in [0.15, 0.2) is 47.3 Å². The zero-order chi connectivity index (χ0) is 19.6. The summed E-state index contributed by atoms with van der Waals surface area (Å²) in [5.41, 5.74) is 3.39. The lowest BCUT2D eigenvalue weighted by molar-refractivity contribution is 0.0707. The second kappa shape index (κ2) is 7.94. The number of aromatic nitrogens is 1. The predicted molar refractivity (Wildman–Crippen MR) is 107 cm³/mol. The number of aryl methyl sites for hydroxylation is 2. The molecule has 3 rings (SSSR count). The summed E-state index contributed by atoms with van der Waals surface area (Å²) in [6.45, 7) is 3.90. The monoisotopic (exact) mass is 384 g/mol. The van der Waals surface area contributed by atoms with Crippen molar-refractivity contribution in [1.29, 1.82) is 0 Å². The van der Waals surface area contributed by atoms with E-state index in [1.807, 2.05) is 32.0 Å². The number of benzene rings is 2. The molecule has 0 unspecified atom stereocenters. The molecule has 3 aromatic rings. The first-order chi connectivity index (χ1) is 12.9. The van der Waals surface area contributed by atoms with Gasteiger partial charge in [-0.15, -0.1) is 0 Å². The van der Waals surface area contributed by atoms with Gasteiger partial charge in [0.15, 0.2) is 0 Å². The summed E-state index contributed by atoms with van der Waals surface area (Å²) in [7, 11) is 0. The molecule has 0 aliphatic heterocycles. The second-order valence-electron chi connectivity index (χ2n) is 6.54. The predicted octanol–water partition coefficient (Wildman–Crippen LogP) is 3.43. The third-order valence-electron chi connectivity index (χ3n) is 4.64. The van der Waals surface area contributed by atoms with E-state index in [1.54, 1.807) is 24.3 Å². The molecule has 0 saturated heterocycles. The van der Waals surface area contributed by atoms with Gasteiger partial charge in [0, 0.05) is 17.5 Å². The largest absolute Gasteiger partial charge is 0.395 e. The topological polar surface area (TPSA) is 73.4 Å². The first-order valence-corrected chi connectivity index (χ1v) is 9.07. The average Bonchev–Trinajstić information content (AvgIpc) is 2.65. The van der Waals surface area contributed by atoms with Crippen LogP contribution in [0.25, 0.3) is 10.9 Å². The van der Waals surface area contributed by atoms with Crippen LogP contribution in [0, 0.1) is 13.8 Å². The van der Waals surface area contributed by atoms with Gasteiger partial charge in [-0.3, -0.25) is 9.59 Å². The van der Waals surface area contributed by atoms with Crippen molar-refractivity contribution in [2.24, 2.45) is 0 Å². The zero-order valence-electron chi connectivity index (χ0n) is 15.3. The van der Waals surface area contributed by atoms with Gasteiger partial charge in [0.05, 0.1) is 29.3 Å². The van der Waals surface area contributed by atoms with E-state index in [0.29, 0.717) is 16.1 Å². The molecule has 0 aliphatic carbocycles. The van der Waals surface area contributed by atoms with Crippen LogP contribution in [0.5, 0.6) is 0 Å². The number of aliphatic hydroxyl groups is 1. The van der Waals surface area contributed by atoms with Crippen LogP contribution < -0.4 is 5.56 Å². The van der Waals surface area contributed by atoms with Crippen LogP contribution >= 0.6 is 11.6 Å². The van der Waals surface area contributed by atoms with Gasteiger partial charge in [0.2, 0.25) is 0 Å². The highest BCUT2D eigenvalue weighted by Crippen LogP contribution is 2.21. The number of amides is 1. The number of fused-ring (bicyclic) bond motifs is 1. The fourth-order valence-electron chi connectivity index (χ4n) is 3.12. The van der Waals surface area contributed by atoms with Crippen LogP contribution in [0.3, 0.4) is 0 Å². The summed E-state index contributed by atoms with van der Waals surface area (Å²) in [6.07, 6.45) is 0. The molecule has 1 heterocycles. The second-order valence-corrected chi connectivity index (χ2v) is 6.95. The Hall–Kier alpha value is -2.63. The maximum atomic E-state index is 12.9. The summed E-state index contributed by atoms with van der Waals surface area (Å²) >= 11 is 6.14. The minimum atomic E-state index is -0.324. The van der Waals surface area contributed by atoms with E-state index in [1.165, 1.54) is 4.90 Å². The van der Waals surface area contributed by atoms with Crippen molar-refractivity contribution >= 4 is 28.4 Å². The van der Waals surface area contributed by atoms with E-state index >= 15 is 0 Å². The van der Waals surface area contributed by atoms with E-state index < -0.39 is 0 Å². The number of rotatable bonds is 5.